The molecular weight excluding hydrogens is 346 g/mol. The molecule has 1 aliphatic heterocycles. The lowest BCUT2D eigenvalue weighted by atomic mass is 10.2. The smallest absolute Gasteiger partial charge is 0.124 e. The highest BCUT2D eigenvalue weighted by Gasteiger charge is 2.24. The maximum atomic E-state index is 6.19. The predicted molar refractivity (Wildman–Crippen MR) is 106 cm³/mol. The van der Waals surface area contributed by atoms with E-state index >= 15 is 0 Å². The molecule has 5 heteroatoms. The average Bonchev–Trinajstić information content (AvgIpc) is 2.91. The summed E-state index contributed by atoms with van der Waals surface area (Å²) in [7, 11) is 0. The molecule has 3 aromatic rings. The minimum Gasteiger partial charge on any atom is -0.373 e. The van der Waals surface area contributed by atoms with Gasteiger partial charge in [0.25, 0.3) is 0 Å². The van der Waals surface area contributed by atoms with Gasteiger partial charge in [-0.15, -0.1) is 0 Å². The summed E-state index contributed by atoms with van der Waals surface area (Å²) in [5, 5.41) is 0.724. The van der Waals surface area contributed by atoms with Gasteiger partial charge in [0.05, 0.1) is 29.8 Å². The summed E-state index contributed by atoms with van der Waals surface area (Å²) in [5.74, 6) is 1.08. The number of halogens is 1. The Hall–Kier alpha value is -1.88. The Labute approximate surface area is 159 Å². The molecule has 0 bridgehead atoms. The second-order valence-corrected chi connectivity index (χ2v) is 7.62. The number of aromatic nitrogens is 2. The van der Waals surface area contributed by atoms with E-state index in [1.165, 1.54) is 5.56 Å². The summed E-state index contributed by atoms with van der Waals surface area (Å²) in [6.45, 7) is 7.75. The zero-order valence-electron chi connectivity index (χ0n) is 15.2. The van der Waals surface area contributed by atoms with Gasteiger partial charge in [-0.2, -0.15) is 0 Å². The molecule has 2 aromatic carbocycles. The van der Waals surface area contributed by atoms with Crippen LogP contribution in [-0.4, -0.2) is 39.7 Å². The van der Waals surface area contributed by atoms with Crippen LogP contribution in [0.25, 0.3) is 11.0 Å². The van der Waals surface area contributed by atoms with E-state index in [1.807, 2.05) is 18.2 Å². The predicted octanol–water partition coefficient (Wildman–Crippen LogP) is 4.35. The lowest BCUT2D eigenvalue weighted by Gasteiger charge is -2.35. The van der Waals surface area contributed by atoms with Crippen LogP contribution < -0.4 is 0 Å². The van der Waals surface area contributed by atoms with Gasteiger partial charge in [-0.25, -0.2) is 4.98 Å². The number of imidazole rings is 1. The Kier molecular flexibility index (Phi) is 4.98. The normalized spacial score (nSPS) is 21.3. The molecule has 4 rings (SSSR count). The molecule has 0 amide bonds. The van der Waals surface area contributed by atoms with Crippen molar-refractivity contribution in [2.45, 2.75) is 39.1 Å². The molecule has 1 aromatic heterocycles. The Morgan fingerprint density at radius 2 is 1.77 bits per heavy atom. The largest absolute Gasteiger partial charge is 0.373 e. The quantitative estimate of drug-likeness (QED) is 0.685. The van der Waals surface area contributed by atoms with Crippen molar-refractivity contribution in [1.82, 2.24) is 14.5 Å². The van der Waals surface area contributed by atoms with E-state index in [4.69, 9.17) is 21.3 Å². The molecule has 0 aliphatic carbocycles. The molecule has 1 fully saturated rings. The van der Waals surface area contributed by atoms with E-state index in [1.54, 1.807) is 0 Å². The number of rotatable bonds is 4. The van der Waals surface area contributed by atoms with Gasteiger partial charge in [0.15, 0.2) is 0 Å². The van der Waals surface area contributed by atoms with Crippen LogP contribution in [-0.2, 0) is 17.8 Å². The highest BCUT2D eigenvalue weighted by Crippen LogP contribution is 2.23. The average molecular weight is 370 g/mol. The lowest BCUT2D eigenvalue weighted by molar-refractivity contribution is -0.0712. The van der Waals surface area contributed by atoms with Crippen LogP contribution in [0, 0.1) is 0 Å². The van der Waals surface area contributed by atoms with E-state index in [2.05, 4.69) is 53.6 Å². The lowest BCUT2D eigenvalue weighted by Crippen LogP contribution is -2.45. The number of fused-ring (bicyclic) bond motifs is 1. The maximum Gasteiger partial charge on any atom is 0.124 e. The van der Waals surface area contributed by atoms with E-state index in [0.29, 0.717) is 0 Å². The Morgan fingerprint density at radius 3 is 2.50 bits per heavy atom. The fourth-order valence-corrected chi connectivity index (χ4v) is 4.00. The van der Waals surface area contributed by atoms with Crippen LogP contribution in [0.1, 0.15) is 25.2 Å². The van der Waals surface area contributed by atoms with Crippen molar-refractivity contribution in [3.63, 3.8) is 0 Å². The first kappa shape index (κ1) is 17.5. The molecule has 0 saturated carbocycles. The topological polar surface area (TPSA) is 30.3 Å². The van der Waals surface area contributed by atoms with Crippen LogP contribution in [0.2, 0.25) is 5.02 Å². The van der Waals surface area contributed by atoms with Crippen molar-refractivity contribution >= 4 is 22.6 Å². The number of hydrogen-bond acceptors (Lipinski definition) is 3. The van der Waals surface area contributed by atoms with Crippen molar-refractivity contribution in [3.05, 3.63) is 64.9 Å². The van der Waals surface area contributed by atoms with Gasteiger partial charge in [-0.05, 0) is 37.6 Å². The number of nitrogens with zero attached hydrogens (tertiary/aromatic N) is 3. The van der Waals surface area contributed by atoms with E-state index < -0.39 is 0 Å². The number of benzene rings is 2. The second-order valence-electron chi connectivity index (χ2n) is 7.18. The first-order chi connectivity index (χ1) is 12.6. The van der Waals surface area contributed by atoms with Crippen molar-refractivity contribution in [3.8, 4) is 0 Å². The molecule has 136 valence electrons. The van der Waals surface area contributed by atoms with E-state index in [9.17, 15) is 0 Å². The van der Waals surface area contributed by atoms with Gasteiger partial charge in [-0.1, -0.05) is 41.9 Å². The maximum absolute atomic E-state index is 6.19. The van der Waals surface area contributed by atoms with Crippen LogP contribution in [0.15, 0.2) is 48.5 Å². The van der Waals surface area contributed by atoms with Gasteiger partial charge >= 0.3 is 0 Å². The van der Waals surface area contributed by atoms with Gasteiger partial charge in [0.2, 0.25) is 0 Å². The zero-order valence-corrected chi connectivity index (χ0v) is 16.0. The fraction of sp³-hybridized carbons (Fsp3) is 0.381. The van der Waals surface area contributed by atoms with Crippen LogP contribution >= 0.6 is 11.6 Å². The molecule has 26 heavy (non-hydrogen) atoms. The first-order valence-corrected chi connectivity index (χ1v) is 9.52. The van der Waals surface area contributed by atoms with Crippen LogP contribution in [0.5, 0.6) is 0 Å². The second kappa shape index (κ2) is 7.39. The molecule has 4 nitrogen and oxygen atoms in total. The summed E-state index contributed by atoms with van der Waals surface area (Å²) < 4.78 is 8.18. The first-order valence-electron chi connectivity index (χ1n) is 9.15. The molecule has 1 saturated heterocycles. The summed E-state index contributed by atoms with van der Waals surface area (Å²) in [6, 6.07) is 16.5. The van der Waals surface area contributed by atoms with Crippen LogP contribution in [0.3, 0.4) is 0 Å². The molecule has 0 N–H and O–H groups in total. The summed E-state index contributed by atoms with van der Waals surface area (Å²) in [6.07, 6.45) is 0.500. The Balaban J connectivity index is 1.69. The van der Waals surface area contributed by atoms with Crippen molar-refractivity contribution in [2.75, 3.05) is 13.1 Å². The van der Waals surface area contributed by atoms with Gasteiger partial charge < -0.3 is 9.30 Å². The Bertz CT molecular complexity index is 883. The summed E-state index contributed by atoms with van der Waals surface area (Å²) in [5.41, 5.74) is 3.35. The zero-order chi connectivity index (χ0) is 18.1. The molecule has 2 heterocycles. The number of morpholine rings is 1. The summed E-state index contributed by atoms with van der Waals surface area (Å²) in [4.78, 5) is 7.34. The van der Waals surface area contributed by atoms with Gasteiger partial charge in [-0.3, -0.25) is 4.90 Å². The molecule has 0 radical (unpaired) electrons. The minimum absolute atomic E-state index is 0.250. The van der Waals surface area contributed by atoms with Crippen molar-refractivity contribution in [2.24, 2.45) is 0 Å². The summed E-state index contributed by atoms with van der Waals surface area (Å²) >= 11 is 6.19. The number of hydrogen-bond donors (Lipinski definition) is 0. The standard InChI is InChI=1S/C21H24ClN3O/c1-15-11-24(12-16(2)26-15)14-21-23-19-10-18(22)8-9-20(19)25(21)13-17-6-4-3-5-7-17/h3-10,15-16H,11-14H2,1-2H3. The third-order valence-corrected chi connectivity index (χ3v) is 5.07. The molecular formula is C21H24ClN3O. The molecule has 0 spiro atoms. The molecule has 2 atom stereocenters. The van der Waals surface area contributed by atoms with Crippen LogP contribution in [0.4, 0.5) is 0 Å². The minimum atomic E-state index is 0.250. The monoisotopic (exact) mass is 369 g/mol. The van der Waals surface area contributed by atoms with E-state index in [-0.39, 0.29) is 12.2 Å². The highest BCUT2D eigenvalue weighted by atomic mass is 35.5. The third kappa shape index (κ3) is 3.78. The van der Waals surface area contributed by atoms with E-state index in [0.717, 1.165) is 48.1 Å². The molecule has 2 unspecified atom stereocenters. The highest BCUT2D eigenvalue weighted by molar-refractivity contribution is 6.31. The third-order valence-electron chi connectivity index (χ3n) is 4.83. The van der Waals surface area contributed by atoms with Crippen molar-refractivity contribution in [1.29, 1.82) is 0 Å². The Morgan fingerprint density at radius 1 is 1.04 bits per heavy atom. The SMILES string of the molecule is CC1CN(Cc2nc3cc(Cl)ccc3n2Cc2ccccc2)CC(C)O1. The molecule has 1 aliphatic rings. The van der Waals surface area contributed by atoms with Gasteiger partial charge in [0, 0.05) is 24.7 Å². The number of ether oxygens (including phenoxy) is 1. The fourth-order valence-electron chi connectivity index (χ4n) is 3.83. The van der Waals surface area contributed by atoms with Gasteiger partial charge in [0.1, 0.15) is 5.82 Å². The van der Waals surface area contributed by atoms with Crippen molar-refractivity contribution < 1.29 is 4.74 Å².